The molecule has 0 aliphatic carbocycles. The Bertz CT molecular complexity index is 93.7. The van der Waals surface area contributed by atoms with Crippen molar-refractivity contribution < 1.29 is 4.74 Å². The molecule has 2 unspecified atom stereocenters. The van der Waals surface area contributed by atoms with Crippen LogP contribution in [-0.4, -0.2) is 19.9 Å². The lowest BCUT2D eigenvalue weighted by Crippen LogP contribution is -2.29. The molecule has 0 aromatic rings. The zero-order valence-corrected chi connectivity index (χ0v) is 7.60. The van der Waals surface area contributed by atoms with Crippen LogP contribution in [0.15, 0.2) is 0 Å². The van der Waals surface area contributed by atoms with Crippen molar-refractivity contribution in [1.82, 2.24) is 5.32 Å². The summed E-state index contributed by atoms with van der Waals surface area (Å²) in [5, 5.41) is 3.37. The van der Waals surface area contributed by atoms with E-state index in [1.807, 2.05) is 0 Å². The fraction of sp³-hybridized carbons (Fsp3) is 1.00. The van der Waals surface area contributed by atoms with Crippen molar-refractivity contribution in [1.29, 1.82) is 0 Å². The van der Waals surface area contributed by atoms with Gasteiger partial charge in [-0.1, -0.05) is 13.3 Å². The standard InChI is InChI=1S/C9H19NO/c1-3-8-4-5-9(11-2)10-7-6-8/h8-10H,3-7H2,1-2H3. The van der Waals surface area contributed by atoms with Crippen LogP contribution in [0.5, 0.6) is 0 Å². The van der Waals surface area contributed by atoms with Gasteiger partial charge in [-0.15, -0.1) is 0 Å². The van der Waals surface area contributed by atoms with Crippen molar-refractivity contribution in [3.63, 3.8) is 0 Å². The zero-order chi connectivity index (χ0) is 8.10. The molecule has 1 saturated heterocycles. The van der Waals surface area contributed by atoms with Crippen LogP contribution in [0.2, 0.25) is 0 Å². The van der Waals surface area contributed by atoms with Gasteiger partial charge in [0, 0.05) is 7.11 Å². The summed E-state index contributed by atoms with van der Waals surface area (Å²) in [5.41, 5.74) is 0. The van der Waals surface area contributed by atoms with Gasteiger partial charge in [-0.2, -0.15) is 0 Å². The SMILES string of the molecule is CCC1CCNC(OC)CC1. The highest BCUT2D eigenvalue weighted by Crippen LogP contribution is 2.19. The first kappa shape index (κ1) is 9.01. The summed E-state index contributed by atoms with van der Waals surface area (Å²) in [6.45, 7) is 3.40. The number of methoxy groups -OCH3 is 1. The van der Waals surface area contributed by atoms with Gasteiger partial charge in [0.25, 0.3) is 0 Å². The Morgan fingerprint density at radius 3 is 2.82 bits per heavy atom. The first-order chi connectivity index (χ1) is 5.36. The second-order valence-electron chi connectivity index (χ2n) is 3.32. The molecule has 2 heteroatoms. The summed E-state index contributed by atoms with van der Waals surface area (Å²) < 4.78 is 5.25. The molecular formula is C9H19NO. The molecule has 1 N–H and O–H groups in total. The van der Waals surface area contributed by atoms with Crippen LogP contribution in [0.4, 0.5) is 0 Å². The van der Waals surface area contributed by atoms with E-state index >= 15 is 0 Å². The Balaban J connectivity index is 2.27. The van der Waals surface area contributed by atoms with Crippen LogP contribution in [0.3, 0.4) is 0 Å². The number of rotatable bonds is 2. The van der Waals surface area contributed by atoms with E-state index in [0.29, 0.717) is 6.23 Å². The van der Waals surface area contributed by atoms with Gasteiger partial charge < -0.3 is 4.74 Å². The quantitative estimate of drug-likeness (QED) is 0.659. The highest BCUT2D eigenvalue weighted by Gasteiger charge is 2.15. The average Bonchev–Trinajstić information content (AvgIpc) is 2.28. The van der Waals surface area contributed by atoms with Crippen molar-refractivity contribution in [3.8, 4) is 0 Å². The highest BCUT2D eigenvalue weighted by atomic mass is 16.5. The van der Waals surface area contributed by atoms with Crippen LogP contribution in [0.25, 0.3) is 0 Å². The first-order valence-corrected chi connectivity index (χ1v) is 4.63. The Labute approximate surface area is 69.3 Å². The summed E-state index contributed by atoms with van der Waals surface area (Å²) in [7, 11) is 1.78. The smallest absolute Gasteiger partial charge is 0.107 e. The highest BCUT2D eigenvalue weighted by molar-refractivity contribution is 4.68. The third-order valence-corrected chi connectivity index (χ3v) is 2.62. The van der Waals surface area contributed by atoms with Crippen LogP contribution in [0.1, 0.15) is 32.6 Å². The molecule has 0 aromatic carbocycles. The molecule has 0 radical (unpaired) electrons. The lowest BCUT2D eigenvalue weighted by molar-refractivity contribution is 0.0704. The molecular weight excluding hydrogens is 138 g/mol. The molecule has 1 rings (SSSR count). The van der Waals surface area contributed by atoms with Gasteiger partial charge in [-0.05, 0) is 31.7 Å². The van der Waals surface area contributed by atoms with Gasteiger partial charge >= 0.3 is 0 Å². The van der Waals surface area contributed by atoms with Crippen LogP contribution in [-0.2, 0) is 4.74 Å². The van der Waals surface area contributed by atoms with Crippen molar-refractivity contribution in [2.45, 2.75) is 38.8 Å². The van der Waals surface area contributed by atoms with Crippen LogP contribution < -0.4 is 5.32 Å². The van der Waals surface area contributed by atoms with E-state index in [4.69, 9.17) is 4.74 Å². The molecule has 0 amide bonds. The van der Waals surface area contributed by atoms with E-state index < -0.39 is 0 Å². The number of nitrogens with one attached hydrogen (secondary N) is 1. The van der Waals surface area contributed by atoms with Gasteiger partial charge in [0.05, 0.1) is 0 Å². The fourth-order valence-corrected chi connectivity index (χ4v) is 1.69. The van der Waals surface area contributed by atoms with E-state index in [1.165, 1.54) is 25.7 Å². The van der Waals surface area contributed by atoms with E-state index in [-0.39, 0.29) is 0 Å². The number of hydrogen-bond acceptors (Lipinski definition) is 2. The Kier molecular flexibility index (Phi) is 3.87. The van der Waals surface area contributed by atoms with Gasteiger partial charge in [-0.25, -0.2) is 0 Å². The maximum Gasteiger partial charge on any atom is 0.107 e. The molecule has 11 heavy (non-hydrogen) atoms. The van der Waals surface area contributed by atoms with E-state index in [1.54, 1.807) is 7.11 Å². The minimum atomic E-state index is 0.312. The molecule has 0 saturated carbocycles. The molecule has 1 heterocycles. The predicted octanol–water partition coefficient (Wildman–Crippen LogP) is 1.76. The minimum Gasteiger partial charge on any atom is -0.367 e. The minimum absolute atomic E-state index is 0.312. The molecule has 2 atom stereocenters. The molecule has 0 spiro atoms. The molecule has 1 aliphatic heterocycles. The summed E-state index contributed by atoms with van der Waals surface area (Å²) in [5.74, 6) is 0.919. The van der Waals surface area contributed by atoms with Crippen molar-refractivity contribution in [2.24, 2.45) is 5.92 Å². The average molecular weight is 157 g/mol. The van der Waals surface area contributed by atoms with E-state index in [9.17, 15) is 0 Å². The van der Waals surface area contributed by atoms with Crippen molar-refractivity contribution in [2.75, 3.05) is 13.7 Å². The monoisotopic (exact) mass is 157 g/mol. The summed E-state index contributed by atoms with van der Waals surface area (Å²) >= 11 is 0. The Morgan fingerprint density at radius 1 is 1.36 bits per heavy atom. The van der Waals surface area contributed by atoms with Crippen LogP contribution in [0, 0.1) is 5.92 Å². The van der Waals surface area contributed by atoms with E-state index in [0.717, 1.165) is 12.5 Å². The maximum atomic E-state index is 5.25. The fourth-order valence-electron chi connectivity index (χ4n) is 1.69. The van der Waals surface area contributed by atoms with Gasteiger partial charge in [-0.3, -0.25) is 5.32 Å². The summed E-state index contributed by atoms with van der Waals surface area (Å²) in [6.07, 6.45) is 5.44. The molecule has 66 valence electrons. The largest absolute Gasteiger partial charge is 0.367 e. The summed E-state index contributed by atoms with van der Waals surface area (Å²) in [6, 6.07) is 0. The second-order valence-corrected chi connectivity index (χ2v) is 3.32. The third kappa shape index (κ3) is 2.80. The van der Waals surface area contributed by atoms with Crippen molar-refractivity contribution >= 4 is 0 Å². The van der Waals surface area contributed by atoms with Crippen LogP contribution >= 0.6 is 0 Å². The topological polar surface area (TPSA) is 21.3 Å². The number of hydrogen-bond donors (Lipinski definition) is 1. The number of ether oxygens (including phenoxy) is 1. The Hall–Kier alpha value is -0.0800. The lowest BCUT2D eigenvalue weighted by Gasteiger charge is -2.12. The van der Waals surface area contributed by atoms with Gasteiger partial charge in [0.2, 0.25) is 0 Å². The molecule has 0 bridgehead atoms. The first-order valence-electron chi connectivity index (χ1n) is 4.63. The Morgan fingerprint density at radius 2 is 2.18 bits per heavy atom. The lowest BCUT2D eigenvalue weighted by atomic mass is 9.98. The molecule has 1 fully saturated rings. The second kappa shape index (κ2) is 4.73. The van der Waals surface area contributed by atoms with E-state index in [2.05, 4.69) is 12.2 Å². The molecule has 2 nitrogen and oxygen atoms in total. The zero-order valence-electron chi connectivity index (χ0n) is 7.60. The molecule has 0 aromatic heterocycles. The summed E-state index contributed by atoms with van der Waals surface area (Å²) in [4.78, 5) is 0. The van der Waals surface area contributed by atoms with Gasteiger partial charge in [0.15, 0.2) is 0 Å². The molecule has 1 aliphatic rings. The third-order valence-electron chi connectivity index (χ3n) is 2.62. The van der Waals surface area contributed by atoms with Crippen molar-refractivity contribution in [3.05, 3.63) is 0 Å². The maximum absolute atomic E-state index is 5.25. The normalized spacial score (nSPS) is 33.3. The van der Waals surface area contributed by atoms with Gasteiger partial charge in [0.1, 0.15) is 6.23 Å². The predicted molar refractivity (Wildman–Crippen MR) is 46.4 cm³/mol.